The van der Waals surface area contributed by atoms with E-state index in [0.717, 1.165) is 4.90 Å². The molecule has 1 aromatic rings. The summed E-state index contributed by atoms with van der Waals surface area (Å²) in [6, 6.07) is 0. The van der Waals surface area contributed by atoms with Gasteiger partial charge in [0, 0.05) is 25.4 Å². The second-order valence-electron chi connectivity index (χ2n) is 2.98. The van der Waals surface area contributed by atoms with Gasteiger partial charge in [-0.1, -0.05) is 5.21 Å². The molecule has 0 spiro atoms. The summed E-state index contributed by atoms with van der Waals surface area (Å²) in [5.41, 5.74) is 0.595. The molecule has 0 N–H and O–H groups in total. The van der Waals surface area contributed by atoms with E-state index in [4.69, 9.17) is 0 Å². The van der Waals surface area contributed by atoms with Gasteiger partial charge in [0.1, 0.15) is 5.69 Å². The third kappa shape index (κ3) is 1.41. The van der Waals surface area contributed by atoms with Crippen LogP contribution in [0.3, 0.4) is 0 Å². The van der Waals surface area contributed by atoms with Crippen molar-refractivity contribution >= 4 is 11.8 Å². The second kappa shape index (κ2) is 3.06. The van der Waals surface area contributed by atoms with Gasteiger partial charge in [-0.15, -0.1) is 5.10 Å². The van der Waals surface area contributed by atoms with Crippen LogP contribution in [0.4, 0.5) is 0 Å². The van der Waals surface area contributed by atoms with Crippen molar-refractivity contribution in [2.75, 3.05) is 0 Å². The van der Waals surface area contributed by atoms with Crippen molar-refractivity contribution in [3.63, 3.8) is 0 Å². The molecule has 1 aliphatic heterocycles. The van der Waals surface area contributed by atoms with Crippen LogP contribution in [0.5, 0.6) is 0 Å². The highest BCUT2D eigenvalue weighted by Crippen LogP contribution is 2.07. The smallest absolute Gasteiger partial charge is 0.253 e. The molecule has 2 rings (SSSR count). The van der Waals surface area contributed by atoms with Crippen molar-refractivity contribution in [2.24, 2.45) is 7.05 Å². The van der Waals surface area contributed by atoms with Gasteiger partial charge in [0.15, 0.2) is 0 Å². The third-order valence-corrected chi connectivity index (χ3v) is 1.87. The van der Waals surface area contributed by atoms with Gasteiger partial charge >= 0.3 is 0 Å². The first-order valence-electron chi connectivity index (χ1n) is 4.05. The number of aryl methyl sites for hydroxylation is 1. The van der Waals surface area contributed by atoms with Gasteiger partial charge in [0.2, 0.25) is 0 Å². The van der Waals surface area contributed by atoms with E-state index < -0.39 is 0 Å². The molecule has 0 aromatic carbocycles. The summed E-state index contributed by atoms with van der Waals surface area (Å²) in [7, 11) is 1.72. The number of hydrogen-bond acceptors (Lipinski definition) is 4. The van der Waals surface area contributed by atoms with E-state index in [9.17, 15) is 9.59 Å². The van der Waals surface area contributed by atoms with Crippen LogP contribution < -0.4 is 0 Å². The van der Waals surface area contributed by atoms with Crippen molar-refractivity contribution in [1.29, 1.82) is 0 Å². The maximum absolute atomic E-state index is 11.2. The molecular formula is C8H8N4O2. The monoisotopic (exact) mass is 192 g/mol. The van der Waals surface area contributed by atoms with E-state index in [-0.39, 0.29) is 18.4 Å². The number of aromatic nitrogens is 3. The molecule has 0 aliphatic carbocycles. The quantitative estimate of drug-likeness (QED) is 0.577. The van der Waals surface area contributed by atoms with Crippen LogP contribution in [0.1, 0.15) is 5.69 Å². The molecule has 6 nitrogen and oxygen atoms in total. The zero-order valence-corrected chi connectivity index (χ0v) is 7.54. The molecule has 2 amide bonds. The molecular weight excluding hydrogens is 184 g/mol. The van der Waals surface area contributed by atoms with Crippen LogP contribution in [-0.2, 0) is 23.2 Å². The summed E-state index contributed by atoms with van der Waals surface area (Å²) in [4.78, 5) is 23.4. The van der Waals surface area contributed by atoms with Gasteiger partial charge in [-0.25, -0.2) is 0 Å². The van der Waals surface area contributed by atoms with E-state index in [1.54, 1.807) is 13.2 Å². The Bertz CT molecular complexity index is 403. The lowest BCUT2D eigenvalue weighted by Crippen LogP contribution is -2.29. The minimum absolute atomic E-state index is 0.179. The van der Waals surface area contributed by atoms with Gasteiger partial charge in [0.05, 0.1) is 6.54 Å². The van der Waals surface area contributed by atoms with Crippen molar-refractivity contribution in [3.8, 4) is 0 Å². The predicted molar refractivity (Wildman–Crippen MR) is 45.7 cm³/mol. The van der Waals surface area contributed by atoms with E-state index in [1.807, 2.05) is 0 Å². The second-order valence-corrected chi connectivity index (χ2v) is 2.98. The van der Waals surface area contributed by atoms with Crippen LogP contribution in [-0.4, -0.2) is 31.7 Å². The summed E-state index contributed by atoms with van der Waals surface area (Å²) in [5.74, 6) is -0.610. The lowest BCUT2D eigenvalue weighted by atomic mass is 10.4. The lowest BCUT2D eigenvalue weighted by molar-refractivity contribution is -0.137. The molecule has 2 heterocycles. The van der Waals surface area contributed by atoms with Gasteiger partial charge in [-0.2, -0.15) is 0 Å². The Labute approximate surface area is 79.8 Å². The number of rotatable bonds is 2. The molecule has 0 bridgehead atoms. The Kier molecular flexibility index (Phi) is 1.88. The first-order valence-corrected chi connectivity index (χ1v) is 4.05. The molecule has 72 valence electrons. The number of hydrogen-bond donors (Lipinski definition) is 0. The summed E-state index contributed by atoms with van der Waals surface area (Å²) < 4.78 is 1.52. The highest BCUT2D eigenvalue weighted by atomic mass is 16.2. The summed E-state index contributed by atoms with van der Waals surface area (Å²) in [6.45, 7) is 0.179. The molecule has 0 fully saturated rings. The van der Waals surface area contributed by atoms with Crippen LogP contribution in [0.2, 0.25) is 0 Å². The average Bonchev–Trinajstić information content (AvgIpc) is 2.67. The maximum Gasteiger partial charge on any atom is 0.253 e. The molecule has 0 radical (unpaired) electrons. The minimum atomic E-state index is -0.305. The highest BCUT2D eigenvalue weighted by Gasteiger charge is 2.24. The number of amides is 2. The van der Waals surface area contributed by atoms with E-state index >= 15 is 0 Å². The van der Waals surface area contributed by atoms with Crippen molar-refractivity contribution in [1.82, 2.24) is 19.9 Å². The molecule has 0 atom stereocenters. The number of carbonyl (C=O) groups is 2. The Morgan fingerprint density at radius 1 is 1.29 bits per heavy atom. The largest absolute Gasteiger partial charge is 0.269 e. The molecule has 0 unspecified atom stereocenters. The molecule has 6 heteroatoms. The molecule has 1 aromatic heterocycles. The fourth-order valence-electron chi connectivity index (χ4n) is 1.22. The SMILES string of the molecule is Cn1cc(CN2C(=O)C=CC2=O)nn1. The van der Waals surface area contributed by atoms with Gasteiger partial charge in [0.25, 0.3) is 11.8 Å². The molecule has 0 saturated heterocycles. The van der Waals surface area contributed by atoms with Crippen LogP contribution in [0.25, 0.3) is 0 Å². The summed E-state index contributed by atoms with van der Waals surface area (Å²) >= 11 is 0. The van der Waals surface area contributed by atoms with E-state index in [0.29, 0.717) is 5.69 Å². The Morgan fingerprint density at radius 2 is 1.93 bits per heavy atom. The first-order chi connectivity index (χ1) is 6.66. The number of carbonyl (C=O) groups excluding carboxylic acids is 2. The Hall–Kier alpha value is -1.98. The molecule has 0 saturated carbocycles. The van der Waals surface area contributed by atoms with Crippen LogP contribution in [0, 0.1) is 0 Å². The zero-order chi connectivity index (χ0) is 10.1. The van der Waals surface area contributed by atoms with Crippen molar-refractivity contribution < 1.29 is 9.59 Å². The fraction of sp³-hybridized carbons (Fsp3) is 0.250. The Morgan fingerprint density at radius 3 is 2.43 bits per heavy atom. The number of nitrogens with zero attached hydrogens (tertiary/aromatic N) is 4. The maximum atomic E-state index is 11.2. The normalized spacial score (nSPS) is 15.6. The Balaban J connectivity index is 2.12. The van der Waals surface area contributed by atoms with Crippen LogP contribution >= 0.6 is 0 Å². The fourth-order valence-corrected chi connectivity index (χ4v) is 1.22. The minimum Gasteiger partial charge on any atom is -0.269 e. The zero-order valence-electron chi connectivity index (χ0n) is 7.54. The number of imide groups is 1. The lowest BCUT2D eigenvalue weighted by Gasteiger charge is -2.10. The van der Waals surface area contributed by atoms with E-state index in [1.165, 1.54) is 16.8 Å². The first kappa shape index (κ1) is 8.61. The standard InChI is InChI=1S/C8H8N4O2/c1-11-4-6(9-10-11)5-12-7(13)2-3-8(12)14/h2-4H,5H2,1H3. The van der Waals surface area contributed by atoms with Gasteiger partial charge < -0.3 is 0 Å². The average molecular weight is 192 g/mol. The summed E-state index contributed by atoms with van der Waals surface area (Å²) in [6.07, 6.45) is 4.16. The van der Waals surface area contributed by atoms with Gasteiger partial charge in [-0.3, -0.25) is 19.2 Å². The van der Waals surface area contributed by atoms with Gasteiger partial charge in [-0.05, 0) is 0 Å². The van der Waals surface area contributed by atoms with E-state index in [2.05, 4.69) is 10.3 Å². The molecule has 1 aliphatic rings. The highest BCUT2D eigenvalue weighted by molar-refractivity contribution is 6.12. The van der Waals surface area contributed by atoms with Crippen LogP contribution in [0.15, 0.2) is 18.3 Å². The summed E-state index contributed by atoms with van der Waals surface area (Å²) in [5, 5.41) is 7.49. The topological polar surface area (TPSA) is 68.1 Å². The van der Waals surface area contributed by atoms with Crippen molar-refractivity contribution in [2.45, 2.75) is 6.54 Å². The molecule has 14 heavy (non-hydrogen) atoms. The van der Waals surface area contributed by atoms with Crippen molar-refractivity contribution in [3.05, 3.63) is 24.0 Å². The predicted octanol–water partition coefficient (Wildman–Crippen LogP) is -0.760. The third-order valence-electron chi connectivity index (χ3n) is 1.87.